The monoisotopic (exact) mass is 165 g/mol. The van der Waals surface area contributed by atoms with Crippen molar-refractivity contribution >= 4 is 0 Å². The number of rotatable bonds is 2. The molecule has 12 heavy (non-hydrogen) atoms. The predicted molar refractivity (Wildman–Crippen MR) is 55.1 cm³/mol. The van der Waals surface area contributed by atoms with E-state index >= 15 is 0 Å². The number of nitrogens with two attached hydrogens (primary N) is 1. The zero-order chi connectivity index (χ0) is 9.40. The Labute approximate surface area is 75.6 Å². The molecule has 0 aromatic heterocycles. The van der Waals surface area contributed by atoms with E-state index in [0.29, 0.717) is 0 Å². The van der Waals surface area contributed by atoms with Gasteiger partial charge in [-0.05, 0) is 18.9 Å². The van der Waals surface area contributed by atoms with Crippen LogP contribution in [-0.2, 0) is 6.42 Å². The van der Waals surface area contributed by atoms with Crippen molar-refractivity contribution in [2.75, 3.05) is 0 Å². The van der Waals surface area contributed by atoms with Gasteiger partial charge in [-0.25, -0.2) is 0 Å². The van der Waals surface area contributed by atoms with E-state index in [1.165, 1.54) is 5.56 Å². The van der Waals surface area contributed by atoms with Gasteiger partial charge in [-0.3, -0.25) is 0 Å². The van der Waals surface area contributed by atoms with E-state index in [2.05, 4.69) is 12.1 Å². The Kier molecular flexibility index (Phi) is 6.39. The summed E-state index contributed by atoms with van der Waals surface area (Å²) >= 11 is 0. The summed E-state index contributed by atoms with van der Waals surface area (Å²) in [4.78, 5) is 0. The van der Waals surface area contributed by atoms with Crippen LogP contribution in [-0.4, -0.2) is 6.04 Å². The third kappa shape index (κ3) is 4.91. The molecule has 1 heteroatoms. The fraction of sp³-hybridized carbons (Fsp3) is 0.455. The third-order valence-electron chi connectivity index (χ3n) is 1.40. The van der Waals surface area contributed by atoms with Crippen LogP contribution in [0.25, 0.3) is 0 Å². The first-order valence-electron chi connectivity index (χ1n) is 4.58. The molecule has 0 bridgehead atoms. The second-order valence-electron chi connectivity index (χ2n) is 2.67. The summed E-state index contributed by atoms with van der Waals surface area (Å²) in [5, 5.41) is 0. The highest BCUT2D eigenvalue weighted by molar-refractivity contribution is 5.15. The molecule has 1 atom stereocenters. The van der Waals surface area contributed by atoms with Crippen LogP contribution in [0.4, 0.5) is 0 Å². The zero-order valence-electron chi connectivity index (χ0n) is 8.25. The average Bonchev–Trinajstić information content (AvgIpc) is 2.08. The molecule has 0 aliphatic heterocycles. The summed E-state index contributed by atoms with van der Waals surface area (Å²) in [5.41, 5.74) is 6.94. The maximum Gasteiger partial charge on any atom is 0.00509 e. The lowest BCUT2D eigenvalue weighted by Crippen LogP contribution is -2.17. The van der Waals surface area contributed by atoms with Crippen LogP contribution >= 0.6 is 0 Å². The van der Waals surface area contributed by atoms with Crippen molar-refractivity contribution in [3.8, 4) is 0 Å². The second-order valence-corrected chi connectivity index (χ2v) is 2.67. The Bertz CT molecular complexity index is 179. The molecule has 1 nitrogen and oxygen atoms in total. The minimum Gasteiger partial charge on any atom is -0.328 e. The van der Waals surface area contributed by atoms with Crippen molar-refractivity contribution in [1.82, 2.24) is 0 Å². The van der Waals surface area contributed by atoms with Crippen molar-refractivity contribution in [3.63, 3.8) is 0 Å². The molecule has 1 unspecified atom stereocenters. The number of hydrogen-bond acceptors (Lipinski definition) is 1. The van der Waals surface area contributed by atoms with Crippen LogP contribution in [0.3, 0.4) is 0 Å². The Morgan fingerprint density at radius 3 is 2.08 bits per heavy atom. The van der Waals surface area contributed by atoms with E-state index in [1.54, 1.807) is 0 Å². The van der Waals surface area contributed by atoms with Crippen LogP contribution in [0.1, 0.15) is 26.3 Å². The molecule has 0 saturated heterocycles. The lowest BCUT2D eigenvalue weighted by Gasteiger charge is -2.02. The first kappa shape index (κ1) is 11.2. The molecule has 0 saturated carbocycles. The van der Waals surface area contributed by atoms with Crippen molar-refractivity contribution in [1.29, 1.82) is 0 Å². The molecular weight excluding hydrogens is 146 g/mol. The lowest BCUT2D eigenvalue weighted by molar-refractivity contribution is 0.738. The molecule has 0 heterocycles. The molecule has 0 aliphatic carbocycles. The lowest BCUT2D eigenvalue weighted by atomic mass is 10.1. The Hall–Kier alpha value is -0.820. The highest BCUT2D eigenvalue weighted by Gasteiger charge is 1.94. The molecule has 2 N–H and O–H groups in total. The van der Waals surface area contributed by atoms with Crippen LogP contribution in [0.2, 0.25) is 0 Å². The molecule has 1 aromatic carbocycles. The predicted octanol–water partition coefficient (Wildman–Crippen LogP) is 2.60. The summed E-state index contributed by atoms with van der Waals surface area (Å²) < 4.78 is 0. The van der Waals surface area contributed by atoms with E-state index in [9.17, 15) is 0 Å². The minimum absolute atomic E-state index is 0.266. The SMILES string of the molecule is CC.CC(N)Cc1ccccc1. The van der Waals surface area contributed by atoms with Crippen LogP contribution in [0.15, 0.2) is 30.3 Å². The van der Waals surface area contributed by atoms with E-state index in [1.807, 2.05) is 39.0 Å². The molecule has 0 radical (unpaired) electrons. The van der Waals surface area contributed by atoms with E-state index in [4.69, 9.17) is 5.73 Å². The fourth-order valence-corrected chi connectivity index (χ4v) is 0.986. The first-order chi connectivity index (χ1) is 5.79. The van der Waals surface area contributed by atoms with Gasteiger partial charge < -0.3 is 5.73 Å². The van der Waals surface area contributed by atoms with Gasteiger partial charge in [-0.2, -0.15) is 0 Å². The number of benzene rings is 1. The van der Waals surface area contributed by atoms with Gasteiger partial charge in [0, 0.05) is 6.04 Å². The third-order valence-corrected chi connectivity index (χ3v) is 1.40. The topological polar surface area (TPSA) is 26.0 Å². The van der Waals surface area contributed by atoms with Gasteiger partial charge in [0.05, 0.1) is 0 Å². The van der Waals surface area contributed by atoms with Crippen molar-refractivity contribution in [2.24, 2.45) is 5.73 Å². The van der Waals surface area contributed by atoms with Crippen LogP contribution in [0, 0.1) is 0 Å². The van der Waals surface area contributed by atoms with Gasteiger partial charge in [-0.15, -0.1) is 0 Å². The summed E-state index contributed by atoms with van der Waals surface area (Å²) in [6, 6.07) is 10.6. The maximum absolute atomic E-state index is 5.62. The van der Waals surface area contributed by atoms with E-state index in [-0.39, 0.29) is 6.04 Å². The molecule has 0 aliphatic rings. The molecule has 0 amide bonds. The molecule has 1 aromatic rings. The van der Waals surface area contributed by atoms with Crippen molar-refractivity contribution in [2.45, 2.75) is 33.2 Å². The summed E-state index contributed by atoms with van der Waals surface area (Å²) in [5.74, 6) is 0. The molecule has 68 valence electrons. The van der Waals surface area contributed by atoms with Gasteiger partial charge >= 0.3 is 0 Å². The van der Waals surface area contributed by atoms with Crippen molar-refractivity contribution in [3.05, 3.63) is 35.9 Å². The van der Waals surface area contributed by atoms with Crippen LogP contribution in [0.5, 0.6) is 0 Å². The normalized spacial score (nSPS) is 11.3. The largest absolute Gasteiger partial charge is 0.328 e. The van der Waals surface area contributed by atoms with E-state index < -0.39 is 0 Å². The Morgan fingerprint density at radius 2 is 1.67 bits per heavy atom. The van der Waals surface area contributed by atoms with Gasteiger partial charge in [0.2, 0.25) is 0 Å². The zero-order valence-corrected chi connectivity index (χ0v) is 8.25. The molecule has 0 spiro atoms. The van der Waals surface area contributed by atoms with Gasteiger partial charge in [0.1, 0.15) is 0 Å². The maximum atomic E-state index is 5.62. The molecule has 0 fully saturated rings. The van der Waals surface area contributed by atoms with Crippen LogP contribution < -0.4 is 5.73 Å². The van der Waals surface area contributed by atoms with E-state index in [0.717, 1.165) is 6.42 Å². The smallest absolute Gasteiger partial charge is 0.00509 e. The highest BCUT2D eigenvalue weighted by Crippen LogP contribution is 2.00. The summed E-state index contributed by atoms with van der Waals surface area (Å²) in [6.07, 6.45) is 0.973. The van der Waals surface area contributed by atoms with Gasteiger partial charge in [0.25, 0.3) is 0 Å². The average molecular weight is 165 g/mol. The minimum atomic E-state index is 0.266. The van der Waals surface area contributed by atoms with Crippen molar-refractivity contribution < 1.29 is 0 Å². The highest BCUT2D eigenvalue weighted by atomic mass is 14.6. The molecular formula is C11H19N. The second kappa shape index (κ2) is 6.86. The number of hydrogen-bond donors (Lipinski definition) is 1. The fourth-order valence-electron chi connectivity index (χ4n) is 0.986. The van der Waals surface area contributed by atoms with Gasteiger partial charge in [-0.1, -0.05) is 44.2 Å². The molecule has 1 rings (SSSR count). The van der Waals surface area contributed by atoms with Gasteiger partial charge in [0.15, 0.2) is 0 Å². The Balaban J connectivity index is 0.000000561. The summed E-state index contributed by atoms with van der Waals surface area (Å²) in [7, 11) is 0. The quantitative estimate of drug-likeness (QED) is 0.716. The Morgan fingerprint density at radius 1 is 1.17 bits per heavy atom. The first-order valence-corrected chi connectivity index (χ1v) is 4.58. The standard InChI is InChI=1S/C9H13N.C2H6/c1-8(10)7-9-5-3-2-4-6-9;1-2/h2-6,8H,7,10H2,1H3;1-2H3. The summed E-state index contributed by atoms with van der Waals surface area (Å²) in [6.45, 7) is 6.02.